The lowest BCUT2D eigenvalue weighted by molar-refractivity contribution is -0.113. The van der Waals surface area contributed by atoms with Crippen LogP contribution in [0.3, 0.4) is 0 Å². The molecule has 2 heterocycles. The number of aromatic nitrogens is 3. The van der Waals surface area contributed by atoms with Crippen LogP contribution in [0.4, 0.5) is 11.4 Å². The van der Waals surface area contributed by atoms with Crippen LogP contribution in [-0.4, -0.2) is 39.6 Å². The van der Waals surface area contributed by atoms with Crippen LogP contribution in [0.25, 0.3) is 0 Å². The monoisotopic (exact) mass is 360 g/mol. The van der Waals surface area contributed by atoms with E-state index >= 15 is 0 Å². The van der Waals surface area contributed by atoms with Gasteiger partial charge in [0.05, 0.1) is 5.75 Å². The quantitative estimate of drug-likeness (QED) is 0.628. The number of hydrogen-bond acceptors (Lipinski definition) is 6. The summed E-state index contributed by atoms with van der Waals surface area (Å²) in [6.07, 6.45) is 2.47. The first-order chi connectivity index (χ1) is 12.0. The fourth-order valence-electron chi connectivity index (χ4n) is 2.80. The number of nitrogens with one attached hydrogen (secondary N) is 1. The van der Waals surface area contributed by atoms with Gasteiger partial charge in [0.15, 0.2) is 0 Å². The van der Waals surface area contributed by atoms with Crippen molar-refractivity contribution in [3.8, 4) is 0 Å². The molecular weight excluding hydrogens is 336 g/mol. The molecule has 0 radical (unpaired) electrons. The van der Waals surface area contributed by atoms with Gasteiger partial charge >= 0.3 is 0 Å². The van der Waals surface area contributed by atoms with Crippen molar-refractivity contribution in [3.63, 3.8) is 0 Å². The summed E-state index contributed by atoms with van der Waals surface area (Å²) in [5.74, 6) is 7.35. The maximum absolute atomic E-state index is 12.1. The van der Waals surface area contributed by atoms with Gasteiger partial charge in [0.25, 0.3) is 0 Å². The molecule has 3 rings (SSSR count). The summed E-state index contributed by atoms with van der Waals surface area (Å²) in [5.41, 5.74) is 2.01. The first kappa shape index (κ1) is 17.6. The Morgan fingerprint density at radius 2 is 1.96 bits per heavy atom. The second-order valence-corrected chi connectivity index (χ2v) is 7.40. The van der Waals surface area contributed by atoms with Crippen LogP contribution in [-0.2, 0) is 4.79 Å². The summed E-state index contributed by atoms with van der Waals surface area (Å²) in [6.45, 7) is 6.27. The molecule has 0 saturated carbocycles. The molecule has 0 unspecified atom stereocenters. The van der Waals surface area contributed by atoms with Crippen LogP contribution in [0.15, 0.2) is 29.4 Å². The van der Waals surface area contributed by atoms with Gasteiger partial charge in [-0.2, -0.15) is 0 Å². The number of benzene rings is 1. The molecule has 1 fully saturated rings. The molecule has 3 N–H and O–H groups in total. The van der Waals surface area contributed by atoms with E-state index in [2.05, 4.69) is 39.5 Å². The van der Waals surface area contributed by atoms with E-state index in [1.54, 1.807) is 6.92 Å². The lowest BCUT2D eigenvalue weighted by Crippen LogP contribution is -2.32. The topological polar surface area (TPSA) is 89.1 Å². The molecule has 1 aromatic carbocycles. The molecule has 1 amide bonds. The highest BCUT2D eigenvalue weighted by atomic mass is 32.2. The third-order valence-electron chi connectivity index (χ3n) is 4.47. The summed E-state index contributed by atoms with van der Waals surface area (Å²) in [4.78, 5) is 14.5. The van der Waals surface area contributed by atoms with Gasteiger partial charge in [-0.15, -0.1) is 10.2 Å². The van der Waals surface area contributed by atoms with Gasteiger partial charge in [-0.1, -0.05) is 18.7 Å². The zero-order chi connectivity index (χ0) is 17.8. The van der Waals surface area contributed by atoms with Crippen molar-refractivity contribution in [2.45, 2.75) is 31.8 Å². The molecule has 1 saturated heterocycles. The summed E-state index contributed by atoms with van der Waals surface area (Å²) in [7, 11) is 0. The molecule has 1 aliphatic heterocycles. The third kappa shape index (κ3) is 4.45. The predicted octanol–water partition coefficient (Wildman–Crippen LogP) is 2.27. The third-order valence-corrected chi connectivity index (χ3v) is 5.41. The molecule has 0 atom stereocenters. The van der Waals surface area contributed by atoms with Crippen LogP contribution < -0.4 is 16.1 Å². The van der Waals surface area contributed by atoms with Crippen molar-refractivity contribution in [2.75, 3.05) is 34.9 Å². The minimum Gasteiger partial charge on any atom is -0.372 e. The Bertz CT molecular complexity index is 721. The zero-order valence-electron chi connectivity index (χ0n) is 14.6. The Hall–Kier alpha value is -2.22. The van der Waals surface area contributed by atoms with Crippen molar-refractivity contribution in [1.29, 1.82) is 0 Å². The number of nitrogens with zero attached hydrogens (tertiary/aromatic N) is 4. The van der Waals surface area contributed by atoms with Crippen molar-refractivity contribution in [1.82, 2.24) is 14.9 Å². The van der Waals surface area contributed by atoms with Gasteiger partial charge in [0.2, 0.25) is 11.1 Å². The lowest BCUT2D eigenvalue weighted by Gasteiger charge is -2.32. The molecule has 1 aliphatic rings. The SMILES string of the molecule is Cc1nnc(SCC(=O)Nc2ccc(N3CCC(C)CC3)cc2)n1N. The number of thioether (sulfide) groups is 1. The first-order valence-electron chi connectivity index (χ1n) is 8.47. The Kier molecular flexibility index (Phi) is 5.47. The normalized spacial score (nSPS) is 15.4. The number of nitrogens with two attached hydrogens (primary N) is 1. The molecule has 0 spiro atoms. The van der Waals surface area contributed by atoms with Crippen LogP contribution >= 0.6 is 11.8 Å². The number of hydrogen-bond donors (Lipinski definition) is 2. The van der Waals surface area contributed by atoms with Gasteiger partial charge in [-0.25, -0.2) is 4.68 Å². The number of rotatable bonds is 5. The average molecular weight is 360 g/mol. The summed E-state index contributed by atoms with van der Waals surface area (Å²) >= 11 is 1.27. The minimum absolute atomic E-state index is 0.0924. The van der Waals surface area contributed by atoms with Crippen LogP contribution in [0.5, 0.6) is 0 Å². The second-order valence-electron chi connectivity index (χ2n) is 6.45. The molecule has 1 aromatic heterocycles. The van der Waals surface area contributed by atoms with E-state index < -0.39 is 0 Å². The first-order valence-corrected chi connectivity index (χ1v) is 9.46. The average Bonchev–Trinajstić information content (AvgIpc) is 2.93. The van der Waals surface area contributed by atoms with Crippen molar-refractivity contribution in [2.24, 2.45) is 5.92 Å². The maximum Gasteiger partial charge on any atom is 0.234 e. The van der Waals surface area contributed by atoms with Crippen molar-refractivity contribution >= 4 is 29.0 Å². The van der Waals surface area contributed by atoms with E-state index in [0.717, 1.165) is 24.7 Å². The van der Waals surface area contributed by atoms with E-state index in [4.69, 9.17) is 5.84 Å². The van der Waals surface area contributed by atoms with Gasteiger partial charge in [-0.05, 0) is 49.9 Å². The van der Waals surface area contributed by atoms with Crippen LogP contribution in [0.2, 0.25) is 0 Å². The Morgan fingerprint density at radius 3 is 2.56 bits per heavy atom. The van der Waals surface area contributed by atoms with Crippen LogP contribution in [0, 0.1) is 12.8 Å². The summed E-state index contributed by atoms with van der Waals surface area (Å²) < 4.78 is 1.38. The minimum atomic E-state index is -0.0924. The Morgan fingerprint density at radius 1 is 1.28 bits per heavy atom. The lowest BCUT2D eigenvalue weighted by atomic mass is 9.99. The number of nitrogen functional groups attached to an aromatic ring is 1. The molecule has 25 heavy (non-hydrogen) atoms. The fraction of sp³-hybridized carbons (Fsp3) is 0.471. The maximum atomic E-state index is 12.1. The highest BCUT2D eigenvalue weighted by molar-refractivity contribution is 7.99. The van der Waals surface area contributed by atoms with Gasteiger partial charge in [0.1, 0.15) is 5.82 Å². The number of amides is 1. The van der Waals surface area contributed by atoms with Gasteiger partial charge in [-0.3, -0.25) is 4.79 Å². The highest BCUT2D eigenvalue weighted by Crippen LogP contribution is 2.24. The number of anilines is 2. The summed E-state index contributed by atoms with van der Waals surface area (Å²) in [5, 5.41) is 11.2. The molecule has 8 heteroatoms. The number of piperidine rings is 1. The van der Waals surface area contributed by atoms with E-state index in [9.17, 15) is 4.79 Å². The van der Waals surface area contributed by atoms with E-state index in [0.29, 0.717) is 11.0 Å². The predicted molar refractivity (Wildman–Crippen MR) is 101 cm³/mol. The Balaban J connectivity index is 1.50. The number of aryl methyl sites for hydroxylation is 1. The largest absolute Gasteiger partial charge is 0.372 e. The van der Waals surface area contributed by atoms with Crippen molar-refractivity contribution < 1.29 is 4.79 Å². The molecule has 0 bridgehead atoms. The Labute approximate surface area is 151 Å². The molecule has 2 aromatic rings. The van der Waals surface area contributed by atoms with E-state index in [1.165, 1.54) is 35.0 Å². The molecular formula is C17H24N6OS. The highest BCUT2D eigenvalue weighted by Gasteiger charge is 2.16. The number of carbonyl (C=O) groups excluding carboxylic acids is 1. The zero-order valence-corrected chi connectivity index (χ0v) is 15.4. The standard InChI is InChI=1S/C17H24N6OS/c1-12-7-9-22(10-8-12)15-5-3-14(4-6-15)19-16(24)11-25-17-21-20-13(2)23(17)18/h3-6,12H,7-11,18H2,1-2H3,(H,19,24). The summed E-state index contributed by atoms with van der Waals surface area (Å²) in [6, 6.07) is 8.04. The second kappa shape index (κ2) is 7.77. The van der Waals surface area contributed by atoms with Crippen molar-refractivity contribution in [3.05, 3.63) is 30.1 Å². The van der Waals surface area contributed by atoms with E-state index in [1.807, 2.05) is 12.1 Å². The fourth-order valence-corrected chi connectivity index (χ4v) is 3.50. The molecule has 0 aliphatic carbocycles. The van der Waals surface area contributed by atoms with Gasteiger partial charge in [0, 0.05) is 24.5 Å². The number of carbonyl (C=O) groups is 1. The molecule has 7 nitrogen and oxygen atoms in total. The molecule has 134 valence electrons. The van der Waals surface area contributed by atoms with E-state index in [-0.39, 0.29) is 11.7 Å². The van der Waals surface area contributed by atoms with Gasteiger partial charge < -0.3 is 16.1 Å². The van der Waals surface area contributed by atoms with Crippen LogP contribution in [0.1, 0.15) is 25.6 Å². The smallest absolute Gasteiger partial charge is 0.234 e.